The topological polar surface area (TPSA) is 20.3 Å². The third kappa shape index (κ3) is 3.04. The average Bonchev–Trinajstić information content (AvgIpc) is 2.73. The van der Waals surface area contributed by atoms with Crippen LogP contribution in [0.3, 0.4) is 0 Å². The highest BCUT2D eigenvalue weighted by atomic mass is 16.1. The first-order valence-corrected chi connectivity index (χ1v) is 6.38. The Morgan fingerprint density at radius 2 is 1.93 bits per heavy atom. The molecule has 0 heterocycles. The van der Waals surface area contributed by atoms with Crippen molar-refractivity contribution in [3.05, 3.63) is 0 Å². The first-order valence-electron chi connectivity index (χ1n) is 6.38. The molecule has 2 fully saturated rings. The van der Waals surface area contributed by atoms with E-state index in [0.29, 0.717) is 18.2 Å². The molecule has 2 heteroatoms. The molecular weight excluding hydrogens is 186 g/mol. The zero-order valence-corrected chi connectivity index (χ0v) is 10.0. The molecule has 86 valence electrons. The number of hydrogen-bond donors (Lipinski definition) is 0. The second-order valence-electron chi connectivity index (χ2n) is 5.62. The van der Waals surface area contributed by atoms with Crippen molar-refractivity contribution in [1.82, 2.24) is 4.90 Å². The fourth-order valence-electron chi connectivity index (χ4n) is 2.76. The van der Waals surface area contributed by atoms with E-state index < -0.39 is 0 Å². The predicted octanol–water partition coefficient (Wildman–Crippen LogP) is 2.33. The molecule has 0 aromatic carbocycles. The molecule has 2 aliphatic rings. The SMILES string of the molecule is CC1CC1CN(C)CC(=O)C1CCCC1. The van der Waals surface area contributed by atoms with Gasteiger partial charge in [0.15, 0.2) is 0 Å². The molecule has 2 saturated carbocycles. The summed E-state index contributed by atoms with van der Waals surface area (Å²) in [5, 5.41) is 0. The lowest BCUT2D eigenvalue weighted by Crippen LogP contribution is -2.31. The van der Waals surface area contributed by atoms with Gasteiger partial charge in [-0.05, 0) is 38.1 Å². The fourth-order valence-corrected chi connectivity index (χ4v) is 2.76. The van der Waals surface area contributed by atoms with Crippen LogP contribution in [-0.4, -0.2) is 30.8 Å². The van der Waals surface area contributed by atoms with E-state index in [1.807, 2.05) is 0 Å². The molecule has 0 spiro atoms. The summed E-state index contributed by atoms with van der Waals surface area (Å²) in [6.45, 7) is 4.12. The second kappa shape index (κ2) is 4.65. The summed E-state index contributed by atoms with van der Waals surface area (Å²) in [6, 6.07) is 0. The molecule has 2 aliphatic carbocycles. The van der Waals surface area contributed by atoms with Crippen molar-refractivity contribution in [2.24, 2.45) is 17.8 Å². The molecular formula is C13H23NO. The average molecular weight is 209 g/mol. The van der Waals surface area contributed by atoms with Gasteiger partial charge in [-0.2, -0.15) is 0 Å². The van der Waals surface area contributed by atoms with Crippen LogP contribution in [0.5, 0.6) is 0 Å². The van der Waals surface area contributed by atoms with Gasteiger partial charge in [0.2, 0.25) is 0 Å². The molecule has 15 heavy (non-hydrogen) atoms. The Bertz CT molecular complexity index is 233. The molecule has 0 bridgehead atoms. The maximum atomic E-state index is 11.9. The Labute approximate surface area is 93.0 Å². The minimum Gasteiger partial charge on any atom is -0.299 e. The van der Waals surface area contributed by atoms with Gasteiger partial charge in [0.05, 0.1) is 6.54 Å². The van der Waals surface area contributed by atoms with Gasteiger partial charge in [0, 0.05) is 12.5 Å². The standard InChI is InChI=1S/C13H23NO/c1-10-7-12(10)8-14(2)9-13(15)11-5-3-4-6-11/h10-12H,3-9H2,1-2H3. The van der Waals surface area contributed by atoms with E-state index >= 15 is 0 Å². The third-order valence-electron chi connectivity index (χ3n) is 4.06. The Morgan fingerprint density at radius 1 is 1.33 bits per heavy atom. The minimum absolute atomic E-state index is 0.393. The molecule has 2 nitrogen and oxygen atoms in total. The van der Waals surface area contributed by atoms with Crippen LogP contribution in [0.1, 0.15) is 39.0 Å². The van der Waals surface area contributed by atoms with Gasteiger partial charge in [-0.15, -0.1) is 0 Å². The van der Waals surface area contributed by atoms with Crippen molar-refractivity contribution >= 4 is 5.78 Å². The number of carbonyl (C=O) groups excluding carboxylic acids is 1. The molecule has 0 aromatic heterocycles. The zero-order valence-electron chi connectivity index (χ0n) is 10.0. The van der Waals surface area contributed by atoms with Crippen LogP contribution in [0.4, 0.5) is 0 Å². The number of hydrogen-bond acceptors (Lipinski definition) is 2. The van der Waals surface area contributed by atoms with Crippen LogP contribution in [0, 0.1) is 17.8 Å². The summed E-state index contributed by atoms with van der Waals surface area (Å²) >= 11 is 0. The molecule has 0 aromatic rings. The number of ketones is 1. The first kappa shape index (κ1) is 11.1. The van der Waals surface area contributed by atoms with E-state index in [2.05, 4.69) is 18.9 Å². The summed E-state index contributed by atoms with van der Waals surface area (Å²) in [4.78, 5) is 14.1. The lowest BCUT2D eigenvalue weighted by molar-refractivity contribution is -0.123. The van der Waals surface area contributed by atoms with Crippen LogP contribution in [0.25, 0.3) is 0 Å². The van der Waals surface area contributed by atoms with Crippen LogP contribution < -0.4 is 0 Å². The van der Waals surface area contributed by atoms with Crippen molar-refractivity contribution in [3.8, 4) is 0 Å². The number of rotatable bonds is 5. The van der Waals surface area contributed by atoms with Crippen LogP contribution in [-0.2, 0) is 4.79 Å². The molecule has 0 aliphatic heterocycles. The highest BCUT2D eigenvalue weighted by Crippen LogP contribution is 2.38. The number of Topliss-reactive ketones (excluding diaryl/α,β-unsaturated/α-hetero) is 1. The van der Waals surface area contributed by atoms with Gasteiger partial charge in [0.25, 0.3) is 0 Å². The van der Waals surface area contributed by atoms with Gasteiger partial charge in [-0.1, -0.05) is 19.8 Å². The quantitative estimate of drug-likeness (QED) is 0.692. The van der Waals surface area contributed by atoms with Crippen molar-refractivity contribution in [2.75, 3.05) is 20.1 Å². The highest BCUT2D eigenvalue weighted by molar-refractivity contribution is 5.83. The van der Waals surface area contributed by atoms with Gasteiger partial charge in [-0.3, -0.25) is 9.69 Å². The van der Waals surface area contributed by atoms with Crippen molar-refractivity contribution in [2.45, 2.75) is 39.0 Å². The first-order chi connectivity index (χ1) is 7.16. The van der Waals surface area contributed by atoms with Gasteiger partial charge in [-0.25, -0.2) is 0 Å². The Balaban J connectivity index is 1.68. The predicted molar refractivity (Wildman–Crippen MR) is 61.7 cm³/mol. The Kier molecular flexibility index (Phi) is 3.45. The smallest absolute Gasteiger partial charge is 0.149 e. The molecule has 0 radical (unpaired) electrons. The van der Waals surface area contributed by atoms with E-state index in [4.69, 9.17) is 0 Å². The van der Waals surface area contributed by atoms with E-state index in [0.717, 1.165) is 31.2 Å². The summed E-state index contributed by atoms with van der Waals surface area (Å²) in [5.41, 5.74) is 0. The molecule has 0 amide bonds. The Hall–Kier alpha value is -0.370. The Morgan fingerprint density at radius 3 is 2.47 bits per heavy atom. The summed E-state index contributed by atoms with van der Waals surface area (Å²) in [7, 11) is 2.10. The van der Waals surface area contributed by atoms with Crippen molar-refractivity contribution < 1.29 is 4.79 Å². The van der Waals surface area contributed by atoms with E-state index in [-0.39, 0.29) is 0 Å². The number of carbonyl (C=O) groups is 1. The fraction of sp³-hybridized carbons (Fsp3) is 0.923. The van der Waals surface area contributed by atoms with Crippen LogP contribution >= 0.6 is 0 Å². The summed E-state index contributed by atoms with van der Waals surface area (Å²) < 4.78 is 0. The van der Waals surface area contributed by atoms with Crippen molar-refractivity contribution in [3.63, 3.8) is 0 Å². The molecule has 0 N–H and O–H groups in total. The molecule has 2 rings (SSSR count). The van der Waals surface area contributed by atoms with Gasteiger partial charge in [0.1, 0.15) is 5.78 Å². The van der Waals surface area contributed by atoms with Gasteiger partial charge >= 0.3 is 0 Å². The normalized spacial score (nSPS) is 31.1. The van der Waals surface area contributed by atoms with Crippen LogP contribution in [0.2, 0.25) is 0 Å². The van der Waals surface area contributed by atoms with Gasteiger partial charge < -0.3 is 0 Å². The lowest BCUT2D eigenvalue weighted by Gasteiger charge is -2.17. The highest BCUT2D eigenvalue weighted by Gasteiger charge is 2.33. The van der Waals surface area contributed by atoms with E-state index in [1.165, 1.54) is 19.3 Å². The van der Waals surface area contributed by atoms with Crippen molar-refractivity contribution in [1.29, 1.82) is 0 Å². The summed E-state index contributed by atoms with van der Waals surface area (Å²) in [5.74, 6) is 2.65. The molecule has 2 atom stereocenters. The van der Waals surface area contributed by atoms with E-state index in [1.54, 1.807) is 0 Å². The second-order valence-corrected chi connectivity index (χ2v) is 5.62. The molecule has 0 saturated heterocycles. The number of nitrogens with zero attached hydrogens (tertiary/aromatic N) is 1. The maximum Gasteiger partial charge on any atom is 0.149 e. The summed E-state index contributed by atoms with van der Waals surface area (Å²) in [6.07, 6.45) is 6.18. The lowest BCUT2D eigenvalue weighted by atomic mass is 10.0. The third-order valence-corrected chi connectivity index (χ3v) is 4.06. The molecule has 2 unspecified atom stereocenters. The zero-order chi connectivity index (χ0) is 10.8. The largest absolute Gasteiger partial charge is 0.299 e. The number of likely N-dealkylation sites (N-methyl/N-ethyl adjacent to an activating group) is 1. The van der Waals surface area contributed by atoms with Crippen LogP contribution in [0.15, 0.2) is 0 Å². The maximum absolute atomic E-state index is 11.9. The minimum atomic E-state index is 0.393. The monoisotopic (exact) mass is 209 g/mol. The van der Waals surface area contributed by atoms with E-state index in [9.17, 15) is 4.79 Å².